The number of para-hydroxylation sites is 1. The van der Waals surface area contributed by atoms with Crippen molar-refractivity contribution >= 4 is 23.3 Å². The molecule has 0 spiro atoms. The van der Waals surface area contributed by atoms with E-state index < -0.39 is 0 Å². The summed E-state index contributed by atoms with van der Waals surface area (Å²) in [6, 6.07) is 13.2. The number of carbonyl (C=O) groups excluding carboxylic acids is 2. The zero-order chi connectivity index (χ0) is 20.8. The van der Waals surface area contributed by atoms with E-state index >= 15 is 0 Å². The Morgan fingerprint density at radius 1 is 0.821 bits per heavy atom. The molecule has 0 heterocycles. The first kappa shape index (κ1) is 21.5. The van der Waals surface area contributed by atoms with Gasteiger partial charge in [0.25, 0.3) is 0 Å². The van der Waals surface area contributed by atoms with Gasteiger partial charge in [-0.3, -0.25) is 4.79 Å². The minimum Gasteiger partial charge on any atom is -0.331 e. The minimum absolute atomic E-state index is 0.123. The Labute approximate surface area is 167 Å². The number of anilines is 2. The lowest BCUT2D eigenvalue weighted by Gasteiger charge is -2.22. The Bertz CT molecular complexity index is 817. The van der Waals surface area contributed by atoms with Crippen LogP contribution in [0.4, 0.5) is 16.2 Å². The van der Waals surface area contributed by atoms with Crippen LogP contribution < -0.4 is 16.0 Å². The van der Waals surface area contributed by atoms with Gasteiger partial charge < -0.3 is 16.0 Å². The molecule has 0 saturated carbocycles. The number of hydrogen-bond acceptors (Lipinski definition) is 2. The van der Waals surface area contributed by atoms with Gasteiger partial charge in [0.05, 0.1) is 6.04 Å². The number of rotatable bonds is 6. The molecule has 3 amide bonds. The molecule has 0 aliphatic carbocycles. The van der Waals surface area contributed by atoms with Gasteiger partial charge >= 0.3 is 6.03 Å². The van der Waals surface area contributed by atoms with Crippen molar-refractivity contribution in [2.24, 2.45) is 0 Å². The molecule has 0 unspecified atom stereocenters. The summed E-state index contributed by atoms with van der Waals surface area (Å²) in [6.07, 6.45) is 0. The predicted octanol–water partition coefficient (Wildman–Crippen LogP) is 5.77. The van der Waals surface area contributed by atoms with Crippen molar-refractivity contribution < 1.29 is 9.59 Å². The van der Waals surface area contributed by atoms with Crippen LogP contribution >= 0.6 is 0 Å². The van der Waals surface area contributed by atoms with Crippen LogP contribution in [0, 0.1) is 0 Å². The smallest absolute Gasteiger partial charge is 0.319 e. The minimum atomic E-state index is -0.243. The highest BCUT2D eigenvalue weighted by molar-refractivity contribution is 5.92. The molecule has 2 aromatic carbocycles. The highest BCUT2D eigenvalue weighted by Gasteiger charge is 2.17. The van der Waals surface area contributed by atoms with E-state index in [1.807, 2.05) is 37.3 Å². The average Bonchev–Trinajstić information content (AvgIpc) is 2.61. The maximum absolute atomic E-state index is 12.7. The first-order chi connectivity index (χ1) is 13.2. The highest BCUT2D eigenvalue weighted by atomic mass is 16.2. The molecular weight excluding hydrogens is 350 g/mol. The summed E-state index contributed by atoms with van der Waals surface area (Å²) in [5, 5.41) is 8.83. The molecule has 28 heavy (non-hydrogen) atoms. The van der Waals surface area contributed by atoms with Crippen LogP contribution in [0.15, 0.2) is 42.5 Å². The number of nitrogens with one attached hydrogen (secondary N) is 3. The fourth-order valence-corrected chi connectivity index (χ4v) is 3.21. The third kappa shape index (κ3) is 5.59. The van der Waals surface area contributed by atoms with E-state index in [4.69, 9.17) is 0 Å². The molecule has 1 atom stereocenters. The summed E-state index contributed by atoms with van der Waals surface area (Å²) in [5.74, 6) is 0.489. The molecule has 0 aliphatic heterocycles. The molecule has 150 valence electrons. The summed E-state index contributed by atoms with van der Waals surface area (Å²) in [6.45, 7) is 11.9. The second kappa shape index (κ2) is 9.40. The number of urea groups is 1. The molecule has 5 heteroatoms. The second-order valence-corrected chi connectivity index (χ2v) is 7.75. The summed E-state index contributed by atoms with van der Waals surface area (Å²) in [4.78, 5) is 24.0. The summed E-state index contributed by atoms with van der Waals surface area (Å²) in [5.41, 5.74) is 4.78. The van der Waals surface area contributed by atoms with Crippen LogP contribution in [0.25, 0.3) is 0 Å². The second-order valence-electron chi connectivity index (χ2n) is 7.75. The Balaban J connectivity index is 2.17. The van der Waals surface area contributed by atoms with E-state index in [2.05, 4.69) is 55.8 Å². The van der Waals surface area contributed by atoms with Crippen LogP contribution in [-0.4, -0.2) is 11.9 Å². The van der Waals surface area contributed by atoms with Gasteiger partial charge in [-0.25, -0.2) is 4.79 Å². The Morgan fingerprint density at radius 2 is 1.39 bits per heavy atom. The molecule has 3 N–H and O–H groups in total. The van der Waals surface area contributed by atoms with Crippen molar-refractivity contribution in [2.45, 2.75) is 59.4 Å². The number of benzene rings is 2. The van der Waals surface area contributed by atoms with Gasteiger partial charge in [-0.2, -0.15) is 0 Å². The molecule has 0 aliphatic rings. The molecule has 0 aromatic heterocycles. The van der Waals surface area contributed by atoms with Crippen molar-refractivity contribution in [3.63, 3.8) is 0 Å². The molecule has 2 aromatic rings. The average molecular weight is 382 g/mol. The van der Waals surface area contributed by atoms with E-state index in [-0.39, 0.29) is 18.0 Å². The molecule has 0 saturated heterocycles. The molecule has 0 fully saturated rings. The van der Waals surface area contributed by atoms with E-state index in [0.717, 1.165) is 22.4 Å². The molecule has 5 nitrogen and oxygen atoms in total. The van der Waals surface area contributed by atoms with E-state index in [1.165, 1.54) is 6.92 Å². The maximum atomic E-state index is 12.7. The SMILES string of the molecule is CC(=O)Nc1cccc([C@@H](C)NC(=O)Nc2c(C(C)C)cccc2C(C)C)c1. The lowest BCUT2D eigenvalue weighted by atomic mass is 9.93. The zero-order valence-corrected chi connectivity index (χ0v) is 17.6. The first-order valence-electron chi connectivity index (χ1n) is 9.77. The van der Waals surface area contributed by atoms with Crippen LogP contribution in [0.5, 0.6) is 0 Å². The molecule has 2 rings (SSSR count). The quantitative estimate of drug-likeness (QED) is 0.594. The van der Waals surface area contributed by atoms with E-state index in [1.54, 1.807) is 0 Å². The fraction of sp³-hybridized carbons (Fsp3) is 0.391. The van der Waals surface area contributed by atoms with Gasteiger partial charge in [-0.15, -0.1) is 0 Å². The van der Waals surface area contributed by atoms with Crippen molar-refractivity contribution in [1.82, 2.24) is 5.32 Å². The Kier molecular flexibility index (Phi) is 7.21. The maximum Gasteiger partial charge on any atom is 0.319 e. The standard InChI is InChI=1S/C23H31N3O2/c1-14(2)20-11-8-12-21(15(3)4)22(20)26-23(28)24-16(5)18-9-7-10-19(13-18)25-17(6)27/h7-16H,1-6H3,(H,25,27)(H2,24,26,28)/t16-/m1/s1. The normalized spacial score (nSPS) is 12.0. The summed E-state index contributed by atoms with van der Waals surface area (Å²) in [7, 11) is 0. The van der Waals surface area contributed by atoms with Gasteiger partial charge in [0.2, 0.25) is 5.91 Å². The van der Waals surface area contributed by atoms with Gasteiger partial charge in [-0.05, 0) is 47.6 Å². The Hall–Kier alpha value is -2.82. The van der Waals surface area contributed by atoms with Gasteiger partial charge in [0.1, 0.15) is 0 Å². The van der Waals surface area contributed by atoms with Crippen LogP contribution in [-0.2, 0) is 4.79 Å². The van der Waals surface area contributed by atoms with E-state index in [9.17, 15) is 9.59 Å². The number of amides is 3. The largest absolute Gasteiger partial charge is 0.331 e. The highest BCUT2D eigenvalue weighted by Crippen LogP contribution is 2.32. The topological polar surface area (TPSA) is 70.2 Å². The van der Waals surface area contributed by atoms with Crippen molar-refractivity contribution in [1.29, 1.82) is 0 Å². The Morgan fingerprint density at radius 3 is 1.93 bits per heavy atom. The van der Waals surface area contributed by atoms with Crippen LogP contribution in [0.2, 0.25) is 0 Å². The number of carbonyl (C=O) groups is 2. The summed E-state index contributed by atoms with van der Waals surface area (Å²) >= 11 is 0. The van der Waals surface area contributed by atoms with Crippen LogP contribution in [0.3, 0.4) is 0 Å². The molecular formula is C23H31N3O2. The van der Waals surface area contributed by atoms with E-state index in [0.29, 0.717) is 17.5 Å². The third-order valence-corrected chi connectivity index (χ3v) is 4.67. The fourth-order valence-electron chi connectivity index (χ4n) is 3.21. The summed E-state index contributed by atoms with van der Waals surface area (Å²) < 4.78 is 0. The van der Waals surface area contributed by atoms with Gasteiger partial charge in [0.15, 0.2) is 0 Å². The monoisotopic (exact) mass is 381 g/mol. The molecule has 0 radical (unpaired) electrons. The van der Waals surface area contributed by atoms with Crippen molar-refractivity contribution in [3.8, 4) is 0 Å². The number of hydrogen-bond donors (Lipinski definition) is 3. The third-order valence-electron chi connectivity index (χ3n) is 4.67. The molecule has 0 bridgehead atoms. The van der Waals surface area contributed by atoms with Crippen LogP contribution in [0.1, 0.15) is 76.1 Å². The predicted molar refractivity (Wildman–Crippen MR) is 116 cm³/mol. The van der Waals surface area contributed by atoms with Crippen molar-refractivity contribution in [3.05, 3.63) is 59.2 Å². The zero-order valence-electron chi connectivity index (χ0n) is 17.6. The van der Waals surface area contributed by atoms with Crippen molar-refractivity contribution in [2.75, 3.05) is 10.6 Å². The lowest BCUT2D eigenvalue weighted by Crippen LogP contribution is -2.32. The lowest BCUT2D eigenvalue weighted by molar-refractivity contribution is -0.114. The van der Waals surface area contributed by atoms with Gasteiger partial charge in [-0.1, -0.05) is 58.0 Å². The first-order valence-corrected chi connectivity index (χ1v) is 9.77. The van der Waals surface area contributed by atoms with Gasteiger partial charge in [0, 0.05) is 18.3 Å².